The van der Waals surface area contributed by atoms with Crippen molar-refractivity contribution >= 4 is 33.4 Å². The van der Waals surface area contributed by atoms with Crippen LogP contribution in [0.15, 0.2) is 46.9 Å². The summed E-state index contributed by atoms with van der Waals surface area (Å²) in [5.74, 6) is 0.0754. The van der Waals surface area contributed by atoms with Crippen molar-refractivity contribution in [1.29, 1.82) is 0 Å². The maximum Gasteiger partial charge on any atom is 0.233 e. The summed E-state index contributed by atoms with van der Waals surface area (Å²) in [5, 5.41) is 5.44. The van der Waals surface area contributed by atoms with Crippen LogP contribution in [-0.2, 0) is 16.1 Å². The SMILES string of the molecule is COc1ccc(CNC(=O)CC(=O)Nc2ccc(C)cc2Br)cc1. The van der Waals surface area contributed by atoms with E-state index in [2.05, 4.69) is 26.6 Å². The number of carbonyl (C=O) groups excluding carboxylic acids is 2. The number of nitrogens with one attached hydrogen (secondary N) is 2. The van der Waals surface area contributed by atoms with Gasteiger partial charge in [0.15, 0.2) is 0 Å². The zero-order valence-electron chi connectivity index (χ0n) is 13.6. The van der Waals surface area contributed by atoms with Crippen LogP contribution in [0.4, 0.5) is 5.69 Å². The predicted octanol–water partition coefficient (Wildman–Crippen LogP) is 3.41. The van der Waals surface area contributed by atoms with Gasteiger partial charge in [-0.15, -0.1) is 0 Å². The molecule has 0 aliphatic heterocycles. The molecule has 2 aromatic carbocycles. The standard InChI is InChI=1S/C18H19BrN2O3/c1-12-3-8-16(15(19)9-12)21-18(23)10-17(22)20-11-13-4-6-14(24-2)7-5-13/h3-9H,10-11H2,1-2H3,(H,20,22)(H,21,23). The minimum absolute atomic E-state index is 0.226. The van der Waals surface area contributed by atoms with E-state index >= 15 is 0 Å². The maximum absolute atomic E-state index is 11.9. The van der Waals surface area contributed by atoms with E-state index in [1.165, 1.54) is 0 Å². The normalized spacial score (nSPS) is 10.1. The Balaban J connectivity index is 1.81. The number of carbonyl (C=O) groups is 2. The number of hydrogen-bond donors (Lipinski definition) is 2. The molecule has 0 saturated carbocycles. The number of benzene rings is 2. The van der Waals surface area contributed by atoms with Gasteiger partial charge >= 0.3 is 0 Å². The minimum atomic E-state index is -0.355. The van der Waals surface area contributed by atoms with Crippen LogP contribution in [0.25, 0.3) is 0 Å². The van der Waals surface area contributed by atoms with Crippen LogP contribution in [0.5, 0.6) is 5.75 Å². The zero-order chi connectivity index (χ0) is 17.5. The van der Waals surface area contributed by atoms with Gasteiger partial charge in [-0.3, -0.25) is 9.59 Å². The fraction of sp³-hybridized carbons (Fsp3) is 0.222. The maximum atomic E-state index is 11.9. The molecule has 0 spiro atoms. The first-order valence-corrected chi connectivity index (χ1v) is 8.23. The number of anilines is 1. The van der Waals surface area contributed by atoms with E-state index in [1.807, 2.05) is 43.3 Å². The largest absolute Gasteiger partial charge is 0.497 e. The molecule has 2 aromatic rings. The molecule has 0 aliphatic carbocycles. The second kappa shape index (κ2) is 8.49. The molecule has 6 heteroatoms. The van der Waals surface area contributed by atoms with Gasteiger partial charge in [0.05, 0.1) is 12.8 Å². The molecule has 2 rings (SSSR count). The molecular weight excluding hydrogens is 372 g/mol. The topological polar surface area (TPSA) is 67.4 Å². The number of amides is 2. The second-order valence-corrected chi connectivity index (χ2v) is 6.19. The van der Waals surface area contributed by atoms with Crippen molar-refractivity contribution in [3.05, 3.63) is 58.1 Å². The third-order valence-corrected chi connectivity index (χ3v) is 4.02. The van der Waals surface area contributed by atoms with Gasteiger partial charge in [-0.1, -0.05) is 18.2 Å². The highest BCUT2D eigenvalue weighted by molar-refractivity contribution is 9.10. The van der Waals surface area contributed by atoms with E-state index < -0.39 is 0 Å². The first kappa shape index (κ1) is 18.0. The summed E-state index contributed by atoms with van der Waals surface area (Å²) >= 11 is 3.39. The molecule has 0 fully saturated rings. The molecule has 24 heavy (non-hydrogen) atoms. The molecule has 126 valence electrons. The van der Waals surface area contributed by atoms with Crippen molar-refractivity contribution in [3.8, 4) is 5.75 Å². The van der Waals surface area contributed by atoms with Crippen LogP contribution >= 0.6 is 15.9 Å². The molecule has 0 radical (unpaired) electrons. The number of halogens is 1. The van der Waals surface area contributed by atoms with Crippen LogP contribution < -0.4 is 15.4 Å². The Hall–Kier alpha value is -2.34. The van der Waals surface area contributed by atoms with Crippen LogP contribution in [0, 0.1) is 6.92 Å². The summed E-state index contributed by atoms with van der Waals surface area (Å²) in [5.41, 5.74) is 2.66. The first-order valence-electron chi connectivity index (χ1n) is 7.43. The molecule has 2 N–H and O–H groups in total. The molecule has 0 aliphatic rings. The van der Waals surface area contributed by atoms with Crippen LogP contribution in [-0.4, -0.2) is 18.9 Å². The summed E-state index contributed by atoms with van der Waals surface area (Å²) in [6, 6.07) is 13.0. The zero-order valence-corrected chi connectivity index (χ0v) is 15.1. The van der Waals surface area contributed by atoms with E-state index in [9.17, 15) is 9.59 Å². The highest BCUT2D eigenvalue weighted by atomic mass is 79.9. The van der Waals surface area contributed by atoms with Crippen molar-refractivity contribution in [3.63, 3.8) is 0 Å². The molecule has 0 atom stereocenters. The Morgan fingerprint density at radius 3 is 2.42 bits per heavy atom. The highest BCUT2D eigenvalue weighted by Gasteiger charge is 2.11. The Labute approximate surface area is 149 Å². The summed E-state index contributed by atoms with van der Waals surface area (Å²) in [6.07, 6.45) is -0.226. The van der Waals surface area contributed by atoms with E-state index in [4.69, 9.17) is 4.74 Å². The second-order valence-electron chi connectivity index (χ2n) is 5.33. The van der Waals surface area contributed by atoms with Gasteiger partial charge in [-0.2, -0.15) is 0 Å². The predicted molar refractivity (Wildman–Crippen MR) is 97.0 cm³/mol. The smallest absolute Gasteiger partial charge is 0.233 e. The number of hydrogen-bond acceptors (Lipinski definition) is 3. The fourth-order valence-corrected chi connectivity index (χ4v) is 2.66. The molecule has 0 heterocycles. The van der Waals surface area contributed by atoms with Crippen LogP contribution in [0.3, 0.4) is 0 Å². The van der Waals surface area contributed by atoms with Crippen LogP contribution in [0.1, 0.15) is 17.5 Å². The molecule has 0 saturated heterocycles. The number of rotatable bonds is 6. The molecule has 0 unspecified atom stereocenters. The molecule has 5 nitrogen and oxygen atoms in total. The Kier molecular flexibility index (Phi) is 6.37. The van der Waals surface area contributed by atoms with E-state index in [-0.39, 0.29) is 18.2 Å². The molecular formula is C18H19BrN2O3. The highest BCUT2D eigenvalue weighted by Crippen LogP contribution is 2.23. The van der Waals surface area contributed by atoms with Gasteiger partial charge < -0.3 is 15.4 Å². The average Bonchev–Trinajstić information content (AvgIpc) is 2.56. The summed E-state index contributed by atoms with van der Waals surface area (Å²) in [4.78, 5) is 23.8. The monoisotopic (exact) mass is 390 g/mol. The van der Waals surface area contributed by atoms with Gasteiger partial charge in [0.1, 0.15) is 12.2 Å². The van der Waals surface area contributed by atoms with Crippen molar-refractivity contribution in [2.24, 2.45) is 0 Å². The molecule has 0 bridgehead atoms. The lowest BCUT2D eigenvalue weighted by Gasteiger charge is -2.09. The molecule has 2 amide bonds. The van der Waals surface area contributed by atoms with Gasteiger partial charge in [-0.05, 0) is 58.2 Å². The van der Waals surface area contributed by atoms with Gasteiger partial charge in [0, 0.05) is 11.0 Å². The van der Waals surface area contributed by atoms with Crippen molar-refractivity contribution < 1.29 is 14.3 Å². The Bertz CT molecular complexity index is 730. The lowest BCUT2D eigenvalue weighted by molar-refractivity contribution is -0.126. The lowest BCUT2D eigenvalue weighted by atomic mass is 10.2. The van der Waals surface area contributed by atoms with Crippen LogP contribution in [0.2, 0.25) is 0 Å². The third-order valence-electron chi connectivity index (χ3n) is 3.37. The van der Waals surface area contributed by atoms with Crippen molar-refractivity contribution in [2.75, 3.05) is 12.4 Å². The van der Waals surface area contributed by atoms with Gasteiger partial charge in [0.2, 0.25) is 11.8 Å². The van der Waals surface area contributed by atoms with Crippen molar-refractivity contribution in [1.82, 2.24) is 5.32 Å². The van der Waals surface area contributed by atoms with Gasteiger partial charge in [-0.25, -0.2) is 0 Å². The fourth-order valence-electron chi connectivity index (χ4n) is 2.07. The number of methoxy groups -OCH3 is 1. The molecule has 0 aromatic heterocycles. The Morgan fingerprint density at radius 2 is 1.79 bits per heavy atom. The first-order chi connectivity index (χ1) is 11.5. The summed E-state index contributed by atoms with van der Waals surface area (Å²) in [6.45, 7) is 2.33. The summed E-state index contributed by atoms with van der Waals surface area (Å²) < 4.78 is 5.86. The average molecular weight is 391 g/mol. The number of aryl methyl sites for hydroxylation is 1. The Morgan fingerprint density at radius 1 is 1.08 bits per heavy atom. The van der Waals surface area contributed by atoms with E-state index in [1.54, 1.807) is 13.2 Å². The summed E-state index contributed by atoms with van der Waals surface area (Å²) in [7, 11) is 1.60. The quantitative estimate of drug-likeness (QED) is 0.742. The number of ether oxygens (including phenoxy) is 1. The van der Waals surface area contributed by atoms with E-state index in [0.29, 0.717) is 12.2 Å². The van der Waals surface area contributed by atoms with Crippen molar-refractivity contribution in [2.45, 2.75) is 19.9 Å². The lowest BCUT2D eigenvalue weighted by Crippen LogP contribution is -2.27. The van der Waals surface area contributed by atoms with Gasteiger partial charge in [0.25, 0.3) is 0 Å². The van der Waals surface area contributed by atoms with E-state index in [0.717, 1.165) is 21.3 Å². The minimum Gasteiger partial charge on any atom is -0.497 e. The third kappa shape index (κ3) is 5.38.